The van der Waals surface area contributed by atoms with E-state index in [0.29, 0.717) is 26.2 Å². The van der Waals surface area contributed by atoms with E-state index in [0.717, 1.165) is 31.4 Å². The van der Waals surface area contributed by atoms with E-state index in [4.69, 9.17) is 4.74 Å². The molecule has 1 amide bonds. The quantitative estimate of drug-likeness (QED) is 0.622. The second-order valence-electron chi connectivity index (χ2n) is 5.20. The van der Waals surface area contributed by atoms with Crippen molar-refractivity contribution in [2.24, 2.45) is 12.0 Å². The molecule has 2 rings (SSSR count). The number of rotatable bonds is 4. The number of aromatic nitrogens is 3. The van der Waals surface area contributed by atoms with Gasteiger partial charge in [0.25, 0.3) is 0 Å². The van der Waals surface area contributed by atoms with Crippen LogP contribution in [0.5, 0.6) is 0 Å². The highest BCUT2D eigenvalue weighted by Gasteiger charge is 2.23. The standard InChI is InChI=1S/C14H25N7O2/c1-4-15-13(16-10-12-18-17-11-19(12)3)20-6-8-21(9-7-20)14(22)23-5-2/h11H,4-10H2,1-3H3,(H,15,16). The molecular formula is C14H25N7O2. The molecule has 1 saturated heterocycles. The Morgan fingerprint density at radius 2 is 2.00 bits per heavy atom. The fourth-order valence-electron chi connectivity index (χ4n) is 2.34. The van der Waals surface area contributed by atoms with Gasteiger partial charge in [-0.2, -0.15) is 0 Å². The average molecular weight is 323 g/mol. The first-order valence-corrected chi connectivity index (χ1v) is 7.93. The van der Waals surface area contributed by atoms with Gasteiger partial charge in [0.2, 0.25) is 0 Å². The van der Waals surface area contributed by atoms with Crippen molar-refractivity contribution in [2.75, 3.05) is 39.3 Å². The summed E-state index contributed by atoms with van der Waals surface area (Å²) < 4.78 is 6.89. The van der Waals surface area contributed by atoms with Gasteiger partial charge in [-0.05, 0) is 13.8 Å². The van der Waals surface area contributed by atoms with E-state index in [1.165, 1.54) is 0 Å². The third-order valence-electron chi connectivity index (χ3n) is 3.62. The molecule has 0 unspecified atom stereocenters. The van der Waals surface area contributed by atoms with Crippen LogP contribution in [0.2, 0.25) is 0 Å². The fraction of sp³-hybridized carbons (Fsp3) is 0.714. The van der Waals surface area contributed by atoms with Crippen LogP contribution in [-0.2, 0) is 18.3 Å². The largest absolute Gasteiger partial charge is 0.450 e. The van der Waals surface area contributed by atoms with Gasteiger partial charge in [-0.15, -0.1) is 10.2 Å². The molecule has 0 radical (unpaired) electrons. The Morgan fingerprint density at radius 1 is 1.30 bits per heavy atom. The Hall–Kier alpha value is -2.32. The van der Waals surface area contributed by atoms with Crippen LogP contribution >= 0.6 is 0 Å². The summed E-state index contributed by atoms with van der Waals surface area (Å²) in [5, 5.41) is 11.2. The smallest absolute Gasteiger partial charge is 0.409 e. The van der Waals surface area contributed by atoms with Gasteiger partial charge >= 0.3 is 6.09 Å². The highest BCUT2D eigenvalue weighted by molar-refractivity contribution is 5.80. The Balaban J connectivity index is 1.94. The summed E-state index contributed by atoms with van der Waals surface area (Å²) >= 11 is 0. The first-order chi connectivity index (χ1) is 11.2. The van der Waals surface area contributed by atoms with Crippen molar-refractivity contribution in [3.63, 3.8) is 0 Å². The van der Waals surface area contributed by atoms with Gasteiger partial charge in [-0.1, -0.05) is 0 Å². The number of hydrogen-bond donors (Lipinski definition) is 1. The molecular weight excluding hydrogens is 298 g/mol. The van der Waals surface area contributed by atoms with Gasteiger partial charge in [0.1, 0.15) is 12.9 Å². The Bertz CT molecular complexity index is 535. The first kappa shape index (κ1) is 17.0. The summed E-state index contributed by atoms with van der Waals surface area (Å²) in [7, 11) is 1.90. The van der Waals surface area contributed by atoms with Crippen molar-refractivity contribution >= 4 is 12.1 Å². The summed E-state index contributed by atoms with van der Waals surface area (Å²) in [4.78, 5) is 20.2. The molecule has 0 bridgehead atoms. The van der Waals surface area contributed by atoms with Crippen LogP contribution in [0.1, 0.15) is 19.7 Å². The molecule has 1 N–H and O–H groups in total. The van der Waals surface area contributed by atoms with E-state index >= 15 is 0 Å². The van der Waals surface area contributed by atoms with Crippen LogP contribution in [0, 0.1) is 0 Å². The number of piperazine rings is 1. The average Bonchev–Trinajstić information content (AvgIpc) is 2.97. The molecule has 0 atom stereocenters. The number of carbonyl (C=O) groups is 1. The number of hydrogen-bond acceptors (Lipinski definition) is 5. The van der Waals surface area contributed by atoms with Crippen LogP contribution < -0.4 is 5.32 Å². The number of aryl methyl sites for hydroxylation is 1. The topological polar surface area (TPSA) is 87.9 Å². The van der Waals surface area contributed by atoms with Gasteiger partial charge in [-0.3, -0.25) is 0 Å². The van der Waals surface area contributed by atoms with E-state index in [1.54, 1.807) is 11.2 Å². The van der Waals surface area contributed by atoms with E-state index in [9.17, 15) is 4.79 Å². The van der Waals surface area contributed by atoms with Crippen LogP contribution in [0.3, 0.4) is 0 Å². The molecule has 1 aromatic rings. The predicted octanol–water partition coefficient (Wildman–Crippen LogP) is 0.0547. The Labute approximate surface area is 136 Å². The minimum atomic E-state index is -0.242. The second kappa shape index (κ2) is 8.35. The Kier molecular flexibility index (Phi) is 6.19. The van der Waals surface area contributed by atoms with Crippen LogP contribution in [0.15, 0.2) is 11.3 Å². The van der Waals surface area contributed by atoms with Crippen molar-refractivity contribution in [3.8, 4) is 0 Å². The summed E-state index contributed by atoms with van der Waals surface area (Å²) in [6, 6.07) is 0. The molecule has 0 aliphatic carbocycles. The minimum Gasteiger partial charge on any atom is -0.450 e. The van der Waals surface area contributed by atoms with Gasteiger partial charge in [-0.25, -0.2) is 9.79 Å². The lowest BCUT2D eigenvalue weighted by atomic mass is 10.3. The van der Waals surface area contributed by atoms with E-state index in [2.05, 4.69) is 25.4 Å². The normalized spacial score (nSPS) is 15.7. The molecule has 0 aromatic carbocycles. The third kappa shape index (κ3) is 4.57. The van der Waals surface area contributed by atoms with Gasteiger partial charge in [0.05, 0.1) is 6.61 Å². The SMILES string of the molecule is CCNC(=NCc1nncn1C)N1CCN(C(=O)OCC)CC1. The van der Waals surface area contributed by atoms with Crippen molar-refractivity contribution in [2.45, 2.75) is 20.4 Å². The zero-order valence-corrected chi connectivity index (χ0v) is 14.0. The maximum atomic E-state index is 11.7. The molecule has 1 aliphatic rings. The van der Waals surface area contributed by atoms with E-state index in [-0.39, 0.29) is 6.09 Å². The van der Waals surface area contributed by atoms with Crippen LogP contribution in [0.4, 0.5) is 4.79 Å². The van der Waals surface area contributed by atoms with Gasteiger partial charge in [0.15, 0.2) is 11.8 Å². The molecule has 1 fully saturated rings. The zero-order valence-electron chi connectivity index (χ0n) is 14.0. The highest BCUT2D eigenvalue weighted by Crippen LogP contribution is 2.05. The first-order valence-electron chi connectivity index (χ1n) is 7.93. The predicted molar refractivity (Wildman–Crippen MR) is 86.0 cm³/mol. The zero-order chi connectivity index (χ0) is 16.7. The summed E-state index contributed by atoms with van der Waals surface area (Å²) in [6.45, 7) is 8.23. The molecule has 0 spiro atoms. The lowest BCUT2D eigenvalue weighted by Crippen LogP contribution is -2.53. The van der Waals surface area contributed by atoms with Crippen molar-refractivity contribution in [3.05, 3.63) is 12.2 Å². The lowest BCUT2D eigenvalue weighted by molar-refractivity contribution is 0.0914. The molecule has 1 aliphatic heterocycles. The molecule has 9 nitrogen and oxygen atoms in total. The Morgan fingerprint density at radius 3 is 2.57 bits per heavy atom. The number of amides is 1. The van der Waals surface area contributed by atoms with Crippen LogP contribution in [-0.4, -0.2) is 75.9 Å². The lowest BCUT2D eigenvalue weighted by Gasteiger charge is -2.35. The van der Waals surface area contributed by atoms with Crippen molar-refractivity contribution in [1.82, 2.24) is 29.9 Å². The van der Waals surface area contributed by atoms with Gasteiger partial charge in [0, 0.05) is 39.8 Å². The fourth-order valence-corrected chi connectivity index (χ4v) is 2.34. The number of guanidine groups is 1. The number of nitrogens with one attached hydrogen (secondary N) is 1. The second-order valence-corrected chi connectivity index (χ2v) is 5.20. The van der Waals surface area contributed by atoms with E-state index in [1.807, 2.05) is 25.5 Å². The highest BCUT2D eigenvalue weighted by atomic mass is 16.6. The summed E-state index contributed by atoms with van der Waals surface area (Å²) in [5.41, 5.74) is 0. The van der Waals surface area contributed by atoms with E-state index < -0.39 is 0 Å². The van der Waals surface area contributed by atoms with Crippen LogP contribution in [0.25, 0.3) is 0 Å². The number of aliphatic imine (C=N–C) groups is 1. The monoisotopic (exact) mass is 323 g/mol. The maximum Gasteiger partial charge on any atom is 0.409 e. The van der Waals surface area contributed by atoms with Crippen molar-refractivity contribution < 1.29 is 9.53 Å². The molecule has 23 heavy (non-hydrogen) atoms. The maximum absolute atomic E-state index is 11.7. The minimum absolute atomic E-state index is 0.242. The summed E-state index contributed by atoms with van der Waals surface area (Å²) in [6.07, 6.45) is 1.42. The van der Waals surface area contributed by atoms with Gasteiger partial charge < -0.3 is 24.4 Å². The number of nitrogens with zero attached hydrogens (tertiary/aromatic N) is 6. The van der Waals surface area contributed by atoms with Crippen molar-refractivity contribution in [1.29, 1.82) is 0 Å². The molecule has 128 valence electrons. The molecule has 0 saturated carbocycles. The molecule has 2 heterocycles. The summed E-state index contributed by atoms with van der Waals surface area (Å²) in [5.74, 6) is 1.64. The molecule has 1 aromatic heterocycles. The number of ether oxygens (including phenoxy) is 1. The third-order valence-corrected chi connectivity index (χ3v) is 3.62. The number of carbonyl (C=O) groups excluding carboxylic acids is 1. The molecule has 9 heteroatoms.